The molecular weight excluding hydrogens is 226 g/mol. The summed E-state index contributed by atoms with van der Waals surface area (Å²) in [6.45, 7) is 0.504. The van der Waals surface area contributed by atoms with Gasteiger partial charge in [-0.25, -0.2) is 0 Å². The van der Waals surface area contributed by atoms with E-state index in [-0.39, 0.29) is 0 Å². The molecule has 0 aliphatic rings. The number of rotatable bonds is 4. The first-order chi connectivity index (χ1) is 8.76. The number of para-hydroxylation sites is 1. The Hall–Kier alpha value is -2.07. The van der Waals surface area contributed by atoms with Gasteiger partial charge in [0.1, 0.15) is 5.82 Å². The molecule has 0 aliphatic carbocycles. The van der Waals surface area contributed by atoms with E-state index in [2.05, 4.69) is 4.98 Å². The normalized spacial score (nSPS) is 10.2. The molecular formula is C14H17N3O. The fourth-order valence-electron chi connectivity index (χ4n) is 1.84. The second kappa shape index (κ2) is 5.51. The van der Waals surface area contributed by atoms with Gasteiger partial charge in [-0.1, -0.05) is 24.3 Å². The van der Waals surface area contributed by atoms with Crippen molar-refractivity contribution >= 4 is 11.5 Å². The van der Waals surface area contributed by atoms with E-state index in [0.717, 1.165) is 17.1 Å². The zero-order valence-corrected chi connectivity index (χ0v) is 10.6. The van der Waals surface area contributed by atoms with Crippen molar-refractivity contribution in [1.82, 2.24) is 4.98 Å². The van der Waals surface area contributed by atoms with Crippen LogP contribution in [-0.4, -0.2) is 19.1 Å². The number of pyridine rings is 1. The zero-order valence-electron chi connectivity index (χ0n) is 10.6. The Bertz CT molecular complexity index is 528. The summed E-state index contributed by atoms with van der Waals surface area (Å²) in [4.78, 5) is 6.41. The lowest BCUT2D eigenvalue weighted by molar-refractivity contribution is 0.398. The maximum absolute atomic E-state index is 5.75. The van der Waals surface area contributed by atoms with Gasteiger partial charge in [0.15, 0.2) is 0 Å². The van der Waals surface area contributed by atoms with E-state index in [1.54, 1.807) is 7.11 Å². The van der Waals surface area contributed by atoms with Gasteiger partial charge in [-0.15, -0.1) is 0 Å². The van der Waals surface area contributed by atoms with E-state index >= 15 is 0 Å². The van der Waals surface area contributed by atoms with E-state index < -0.39 is 0 Å². The van der Waals surface area contributed by atoms with Crippen LogP contribution in [0.5, 0.6) is 5.88 Å². The Balaban J connectivity index is 2.37. The predicted octanol–water partition coefficient (Wildman–Crippen LogP) is 2.32. The lowest BCUT2D eigenvalue weighted by Gasteiger charge is -2.21. The van der Waals surface area contributed by atoms with Crippen molar-refractivity contribution in [2.45, 2.75) is 6.54 Å². The summed E-state index contributed by atoms with van der Waals surface area (Å²) in [6.07, 6.45) is 0. The van der Waals surface area contributed by atoms with Crippen LogP contribution in [0.15, 0.2) is 42.5 Å². The van der Waals surface area contributed by atoms with Crippen molar-refractivity contribution in [3.05, 3.63) is 48.0 Å². The maximum atomic E-state index is 5.75. The highest BCUT2D eigenvalue weighted by Gasteiger charge is 2.09. The number of hydrogen-bond donors (Lipinski definition) is 1. The van der Waals surface area contributed by atoms with E-state index in [1.165, 1.54) is 0 Å². The molecule has 1 aromatic carbocycles. The van der Waals surface area contributed by atoms with Gasteiger partial charge in [-0.05, 0) is 17.7 Å². The number of anilines is 2. The van der Waals surface area contributed by atoms with Crippen molar-refractivity contribution in [3.8, 4) is 5.88 Å². The number of benzene rings is 1. The van der Waals surface area contributed by atoms with Gasteiger partial charge in [0, 0.05) is 25.3 Å². The third kappa shape index (κ3) is 2.43. The molecule has 0 radical (unpaired) electrons. The molecule has 2 N–H and O–H groups in total. The molecule has 1 aromatic heterocycles. The van der Waals surface area contributed by atoms with Gasteiger partial charge in [0.25, 0.3) is 0 Å². The Kier molecular flexibility index (Phi) is 3.79. The molecule has 4 heteroatoms. The quantitative estimate of drug-likeness (QED) is 0.895. The van der Waals surface area contributed by atoms with Gasteiger partial charge in [0.05, 0.1) is 7.11 Å². The number of aromatic nitrogens is 1. The maximum Gasteiger partial charge on any atom is 0.214 e. The van der Waals surface area contributed by atoms with Crippen LogP contribution in [0.3, 0.4) is 0 Å². The van der Waals surface area contributed by atoms with Crippen molar-refractivity contribution < 1.29 is 4.74 Å². The highest BCUT2D eigenvalue weighted by atomic mass is 16.5. The topological polar surface area (TPSA) is 51.4 Å². The molecule has 0 amide bonds. The number of ether oxygens (including phenoxy) is 1. The molecule has 0 fully saturated rings. The van der Waals surface area contributed by atoms with Crippen molar-refractivity contribution in [1.29, 1.82) is 0 Å². The van der Waals surface area contributed by atoms with Crippen LogP contribution in [-0.2, 0) is 6.54 Å². The Morgan fingerprint density at radius 3 is 2.67 bits per heavy atom. The Labute approximate surface area is 107 Å². The summed E-state index contributed by atoms with van der Waals surface area (Å²) in [5, 5.41) is 0. The molecule has 0 spiro atoms. The molecule has 0 saturated carbocycles. The first-order valence-corrected chi connectivity index (χ1v) is 5.79. The molecule has 18 heavy (non-hydrogen) atoms. The zero-order chi connectivity index (χ0) is 13.0. The van der Waals surface area contributed by atoms with Gasteiger partial charge in [0.2, 0.25) is 5.88 Å². The highest BCUT2D eigenvalue weighted by Crippen LogP contribution is 2.26. The number of hydrogen-bond acceptors (Lipinski definition) is 4. The molecule has 2 rings (SSSR count). The van der Waals surface area contributed by atoms with Gasteiger partial charge in [-0.3, -0.25) is 0 Å². The Morgan fingerprint density at radius 2 is 1.94 bits per heavy atom. The molecule has 4 nitrogen and oxygen atoms in total. The molecule has 2 aromatic rings. The molecule has 0 atom stereocenters. The molecule has 1 heterocycles. The molecule has 0 bridgehead atoms. The van der Waals surface area contributed by atoms with E-state index in [4.69, 9.17) is 10.5 Å². The second-order valence-electron chi connectivity index (χ2n) is 3.93. The van der Waals surface area contributed by atoms with Crippen LogP contribution in [0, 0.1) is 0 Å². The average molecular weight is 243 g/mol. The first-order valence-electron chi connectivity index (χ1n) is 5.79. The molecule has 0 aliphatic heterocycles. The van der Waals surface area contributed by atoms with Crippen LogP contribution in [0.25, 0.3) is 0 Å². The van der Waals surface area contributed by atoms with E-state index in [9.17, 15) is 0 Å². The highest BCUT2D eigenvalue weighted by molar-refractivity contribution is 5.63. The van der Waals surface area contributed by atoms with Gasteiger partial charge >= 0.3 is 0 Å². The number of nitrogens with zero attached hydrogens (tertiary/aromatic N) is 2. The smallest absolute Gasteiger partial charge is 0.214 e. The second-order valence-corrected chi connectivity index (χ2v) is 3.93. The minimum atomic E-state index is 0.504. The third-order valence-electron chi connectivity index (χ3n) is 2.83. The third-order valence-corrected chi connectivity index (χ3v) is 2.83. The first kappa shape index (κ1) is 12.4. The monoisotopic (exact) mass is 243 g/mol. The summed E-state index contributed by atoms with van der Waals surface area (Å²) in [6, 6.07) is 13.7. The molecule has 94 valence electrons. The van der Waals surface area contributed by atoms with Crippen LogP contribution in [0.1, 0.15) is 5.56 Å². The minimum Gasteiger partial charge on any atom is -0.481 e. The van der Waals surface area contributed by atoms with Gasteiger partial charge in [-0.2, -0.15) is 4.98 Å². The van der Waals surface area contributed by atoms with Crippen LogP contribution >= 0.6 is 0 Å². The summed E-state index contributed by atoms with van der Waals surface area (Å²) in [5.74, 6) is 1.43. The van der Waals surface area contributed by atoms with Crippen LogP contribution in [0.2, 0.25) is 0 Å². The van der Waals surface area contributed by atoms with Crippen molar-refractivity contribution in [3.63, 3.8) is 0 Å². The molecule has 0 saturated heterocycles. The minimum absolute atomic E-state index is 0.504. The summed E-state index contributed by atoms with van der Waals surface area (Å²) >= 11 is 0. The SMILES string of the molecule is COc1cccc(N(C)c2ccccc2CN)n1. The summed E-state index contributed by atoms with van der Waals surface area (Å²) in [5.41, 5.74) is 7.89. The van der Waals surface area contributed by atoms with Crippen LogP contribution < -0.4 is 15.4 Å². The largest absolute Gasteiger partial charge is 0.481 e. The standard InChI is InChI=1S/C14H17N3O/c1-17(12-7-4-3-6-11(12)10-15)13-8-5-9-14(16-13)18-2/h3-9H,10,15H2,1-2H3. The van der Waals surface area contributed by atoms with Gasteiger partial charge < -0.3 is 15.4 Å². The number of methoxy groups -OCH3 is 1. The van der Waals surface area contributed by atoms with Crippen LogP contribution in [0.4, 0.5) is 11.5 Å². The van der Waals surface area contributed by atoms with E-state index in [1.807, 2.05) is 54.4 Å². The van der Waals surface area contributed by atoms with Crippen molar-refractivity contribution in [2.24, 2.45) is 5.73 Å². The summed E-state index contributed by atoms with van der Waals surface area (Å²) < 4.78 is 5.13. The lowest BCUT2D eigenvalue weighted by atomic mass is 10.1. The Morgan fingerprint density at radius 1 is 1.17 bits per heavy atom. The fourth-order valence-corrected chi connectivity index (χ4v) is 1.84. The van der Waals surface area contributed by atoms with Crippen molar-refractivity contribution in [2.75, 3.05) is 19.1 Å². The summed E-state index contributed by atoms with van der Waals surface area (Å²) in [7, 11) is 3.58. The lowest BCUT2D eigenvalue weighted by Crippen LogP contribution is -2.14. The predicted molar refractivity (Wildman–Crippen MR) is 73.2 cm³/mol. The number of nitrogens with two attached hydrogens (primary N) is 1. The fraction of sp³-hybridized carbons (Fsp3) is 0.214. The molecule has 0 unspecified atom stereocenters. The van der Waals surface area contributed by atoms with E-state index in [0.29, 0.717) is 12.4 Å². The average Bonchev–Trinajstić information content (AvgIpc) is 2.46.